The Bertz CT molecular complexity index is 457. The zero-order chi connectivity index (χ0) is 15.3. The van der Waals surface area contributed by atoms with Crippen LogP contribution in [-0.2, 0) is 4.74 Å². The predicted molar refractivity (Wildman–Crippen MR) is 80.1 cm³/mol. The minimum Gasteiger partial charge on any atom is -0.443 e. The average molecular weight is 279 g/mol. The number of ether oxygens (including phenoxy) is 1. The summed E-state index contributed by atoms with van der Waals surface area (Å²) >= 11 is 0. The van der Waals surface area contributed by atoms with Crippen molar-refractivity contribution < 1.29 is 19.6 Å². The standard InChI is InChI=1S/C14H22BNO4/c1-5-9-16(13(17)20-14(2,3)4)12-8-6-7-11(10-12)15(18)19/h6-8,10,18-19H,5,9H2,1-4H3. The van der Waals surface area contributed by atoms with Crippen molar-refractivity contribution in [2.24, 2.45) is 0 Å². The second kappa shape index (κ2) is 6.77. The van der Waals surface area contributed by atoms with Crippen LogP contribution in [0.1, 0.15) is 34.1 Å². The van der Waals surface area contributed by atoms with Crippen molar-refractivity contribution in [3.8, 4) is 0 Å². The topological polar surface area (TPSA) is 70.0 Å². The second-order valence-electron chi connectivity index (χ2n) is 5.60. The summed E-state index contributed by atoms with van der Waals surface area (Å²) in [6.45, 7) is 7.89. The molecule has 0 spiro atoms. The Kier molecular flexibility index (Phi) is 5.59. The van der Waals surface area contributed by atoms with E-state index in [1.165, 1.54) is 4.90 Å². The van der Waals surface area contributed by atoms with Crippen molar-refractivity contribution in [3.05, 3.63) is 24.3 Å². The predicted octanol–water partition coefficient (Wildman–Crippen LogP) is 1.52. The van der Waals surface area contributed by atoms with Crippen LogP contribution < -0.4 is 10.4 Å². The first-order valence-electron chi connectivity index (χ1n) is 6.71. The van der Waals surface area contributed by atoms with Gasteiger partial charge in [-0.2, -0.15) is 0 Å². The lowest BCUT2D eigenvalue weighted by Gasteiger charge is -2.27. The summed E-state index contributed by atoms with van der Waals surface area (Å²) in [6.07, 6.45) is 0.328. The molecule has 1 aromatic carbocycles. The number of carbonyl (C=O) groups is 1. The molecule has 6 heteroatoms. The summed E-state index contributed by atoms with van der Waals surface area (Å²) in [5, 5.41) is 18.4. The third-order valence-electron chi connectivity index (χ3n) is 2.54. The van der Waals surface area contributed by atoms with Crippen LogP contribution in [0, 0.1) is 0 Å². The molecule has 0 radical (unpaired) electrons. The van der Waals surface area contributed by atoms with Gasteiger partial charge in [0.2, 0.25) is 0 Å². The fraction of sp³-hybridized carbons (Fsp3) is 0.500. The Morgan fingerprint density at radius 2 is 2.00 bits per heavy atom. The minimum atomic E-state index is -1.56. The second-order valence-corrected chi connectivity index (χ2v) is 5.60. The van der Waals surface area contributed by atoms with E-state index in [9.17, 15) is 14.8 Å². The smallest absolute Gasteiger partial charge is 0.443 e. The molecule has 0 fully saturated rings. The highest BCUT2D eigenvalue weighted by atomic mass is 16.6. The molecule has 1 aromatic rings. The van der Waals surface area contributed by atoms with Gasteiger partial charge in [0.1, 0.15) is 5.60 Å². The van der Waals surface area contributed by atoms with Gasteiger partial charge in [-0.05, 0) is 44.8 Å². The van der Waals surface area contributed by atoms with Crippen LogP contribution in [-0.4, -0.2) is 35.4 Å². The van der Waals surface area contributed by atoms with Crippen LogP contribution in [0.3, 0.4) is 0 Å². The van der Waals surface area contributed by atoms with Gasteiger partial charge in [0.15, 0.2) is 0 Å². The van der Waals surface area contributed by atoms with Crippen LogP contribution >= 0.6 is 0 Å². The number of rotatable bonds is 4. The summed E-state index contributed by atoms with van der Waals surface area (Å²) in [5.74, 6) is 0. The van der Waals surface area contributed by atoms with Crippen molar-refractivity contribution >= 4 is 24.4 Å². The quantitative estimate of drug-likeness (QED) is 0.820. The van der Waals surface area contributed by atoms with Crippen LogP contribution in [0.15, 0.2) is 24.3 Å². The molecule has 0 aliphatic carbocycles. The molecular formula is C14H22BNO4. The normalized spacial score (nSPS) is 11.1. The number of hydrogen-bond acceptors (Lipinski definition) is 4. The molecule has 0 saturated heterocycles. The maximum absolute atomic E-state index is 12.2. The Hall–Kier alpha value is -1.53. The minimum absolute atomic E-state index is 0.340. The zero-order valence-corrected chi connectivity index (χ0v) is 12.5. The van der Waals surface area contributed by atoms with E-state index >= 15 is 0 Å². The molecule has 1 rings (SSSR count). The van der Waals surface area contributed by atoms with E-state index in [1.807, 2.05) is 27.7 Å². The maximum atomic E-state index is 12.2. The summed E-state index contributed by atoms with van der Waals surface area (Å²) in [7, 11) is -1.56. The van der Waals surface area contributed by atoms with Crippen molar-refractivity contribution in [2.45, 2.75) is 39.7 Å². The van der Waals surface area contributed by atoms with E-state index in [-0.39, 0.29) is 0 Å². The Labute approximate surface area is 120 Å². The average Bonchev–Trinajstić information content (AvgIpc) is 2.33. The van der Waals surface area contributed by atoms with Gasteiger partial charge in [-0.15, -0.1) is 0 Å². The molecular weight excluding hydrogens is 257 g/mol. The molecule has 1 amide bonds. The number of carbonyl (C=O) groups excluding carboxylic acids is 1. The lowest BCUT2D eigenvalue weighted by atomic mass is 9.80. The van der Waals surface area contributed by atoms with Crippen LogP contribution in [0.5, 0.6) is 0 Å². The molecule has 110 valence electrons. The Morgan fingerprint density at radius 3 is 2.50 bits per heavy atom. The molecule has 0 aliphatic heterocycles. The van der Waals surface area contributed by atoms with E-state index in [2.05, 4.69) is 0 Å². The zero-order valence-electron chi connectivity index (χ0n) is 12.5. The summed E-state index contributed by atoms with van der Waals surface area (Å²) in [5.41, 5.74) is 0.357. The number of anilines is 1. The summed E-state index contributed by atoms with van der Waals surface area (Å²) in [6, 6.07) is 6.58. The highest BCUT2D eigenvalue weighted by Crippen LogP contribution is 2.17. The fourth-order valence-electron chi connectivity index (χ4n) is 1.72. The lowest BCUT2D eigenvalue weighted by molar-refractivity contribution is 0.0580. The number of benzene rings is 1. The van der Waals surface area contributed by atoms with Gasteiger partial charge in [0.05, 0.1) is 0 Å². The van der Waals surface area contributed by atoms with Crippen molar-refractivity contribution in [3.63, 3.8) is 0 Å². The van der Waals surface area contributed by atoms with Crippen LogP contribution in [0.4, 0.5) is 10.5 Å². The van der Waals surface area contributed by atoms with E-state index in [0.717, 1.165) is 6.42 Å². The van der Waals surface area contributed by atoms with Gasteiger partial charge < -0.3 is 14.8 Å². The highest BCUT2D eigenvalue weighted by molar-refractivity contribution is 6.58. The van der Waals surface area contributed by atoms with Crippen LogP contribution in [0.25, 0.3) is 0 Å². The van der Waals surface area contributed by atoms with Gasteiger partial charge in [-0.3, -0.25) is 4.90 Å². The molecule has 0 unspecified atom stereocenters. The number of nitrogens with zero attached hydrogens (tertiary/aromatic N) is 1. The van der Waals surface area contributed by atoms with E-state index in [0.29, 0.717) is 17.7 Å². The molecule has 0 aliphatic rings. The molecule has 0 bridgehead atoms. The first-order chi connectivity index (χ1) is 9.24. The summed E-state index contributed by atoms with van der Waals surface area (Å²) in [4.78, 5) is 13.7. The molecule has 5 nitrogen and oxygen atoms in total. The van der Waals surface area contributed by atoms with E-state index in [4.69, 9.17) is 4.74 Å². The van der Waals surface area contributed by atoms with Gasteiger partial charge >= 0.3 is 13.2 Å². The fourth-order valence-corrected chi connectivity index (χ4v) is 1.72. The Balaban J connectivity index is 3.01. The largest absolute Gasteiger partial charge is 0.488 e. The third kappa shape index (κ3) is 4.87. The molecule has 0 saturated carbocycles. The monoisotopic (exact) mass is 279 g/mol. The highest BCUT2D eigenvalue weighted by Gasteiger charge is 2.23. The molecule has 20 heavy (non-hydrogen) atoms. The first kappa shape index (κ1) is 16.5. The van der Waals surface area contributed by atoms with Gasteiger partial charge in [-0.25, -0.2) is 4.79 Å². The molecule has 2 N–H and O–H groups in total. The molecule has 0 aromatic heterocycles. The third-order valence-corrected chi connectivity index (χ3v) is 2.54. The van der Waals surface area contributed by atoms with Gasteiger partial charge in [0.25, 0.3) is 0 Å². The SMILES string of the molecule is CCCN(C(=O)OC(C)(C)C)c1cccc(B(O)O)c1. The van der Waals surface area contributed by atoms with E-state index in [1.54, 1.807) is 24.3 Å². The number of hydrogen-bond donors (Lipinski definition) is 2. The van der Waals surface area contributed by atoms with Crippen molar-refractivity contribution in [1.82, 2.24) is 0 Å². The van der Waals surface area contributed by atoms with Crippen LogP contribution in [0.2, 0.25) is 0 Å². The number of amides is 1. The van der Waals surface area contributed by atoms with Gasteiger partial charge in [-0.1, -0.05) is 19.1 Å². The first-order valence-corrected chi connectivity index (χ1v) is 6.71. The van der Waals surface area contributed by atoms with E-state index < -0.39 is 18.8 Å². The van der Waals surface area contributed by atoms with Crippen molar-refractivity contribution in [1.29, 1.82) is 0 Å². The Morgan fingerprint density at radius 1 is 1.35 bits per heavy atom. The molecule has 0 atom stereocenters. The molecule has 0 heterocycles. The summed E-state index contributed by atoms with van der Waals surface area (Å²) < 4.78 is 5.37. The maximum Gasteiger partial charge on any atom is 0.488 e. The van der Waals surface area contributed by atoms with Crippen molar-refractivity contribution in [2.75, 3.05) is 11.4 Å². The van der Waals surface area contributed by atoms with Gasteiger partial charge in [0, 0.05) is 12.2 Å². The lowest BCUT2D eigenvalue weighted by Crippen LogP contribution is -2.38.